The van der Waals surface area contributed by atoms with E-state index in [0.29, 0.717) is 13.2 Å². The van der Waals surface area contributed by atoms with Crippen LogP contribution in [0.2, 0.25) is 0 Å². The Kier molecular flexibility index (Phi) is 4.95. The van der Waals surface area contributed by atoms with Gasteiger partial charge < -0.3 is 15.6 Å². The van der Waals surface area contributed by atoms with Crippen molar-refractivity contribution in [1.29, 1.82) is 0 Å². The summed E-state index contributed by atoms with van der Waals surface area (Å²) < 4.78 is 4.90. The monoisotopic (exact) mass is 119 g/mol. The Balaban J connectivity index is 2.86. The molecule has 50 valence electrons. The molecular formula is C5H13NO2. The van der Waals surface area contributed by atoms with E-state index in [2.05, 4.69) is 0 Å². The van der Waals surface area contributed by atoms with Crippen LogP contribution in [0, 0.1) is 0 Å². The molecule has 3 nitrogen and oxygen atoms in total. The molecule has 0 aliphatic rings. The largest absolute Gasteiger partial charge is 0.395 e. The fraction of sp³-hybridized carbons (Fsp3) is 1.00. The Morgan fingerprint density at radius 1 is 1.75 bits per heavy atom. The first-order valence-corrected chi connectivity index (χ1v) is 2.75. The van der Waals surface area contributed by atoms with Crippen molar-refractivity contribution in [3.63, 3.8) is 0 Å². The quantitative estimate of drug-likeness (QED) is 0.516. The molecule has 0 rings (SSSR count). The Labute approximate surface area is 49.4 Å². The van der Waals surface area contributed by atoms with Gasteiger partial charge >= 0.3 is 0 Å². The van der Waals surface area contributed by atoms with Crippen LogP contribution >= 0.6 is 0 Å². The third kappa shape index (κ3) is 4.05. The average molecular weight is 119 g/mol. The third-order valence-electron chi connectivity index (χ3n) is 0.771. The van der Waals surface area contributed by atoms with E-state index in [4.69, 9.17) is 15.6 Å². The first-order valence-electron chi connectivity index (χ1n) is 2.75. The average Bonchev–Trinajstić information content (AvgIpc) is 1.83. The lowest BCUT2D eigenvalue weighted by Crippen LogP contribution is -2.29. The molecule has 0 aliphatic carbocycles. The van der Waals surface area contributed by atoms with E-state index < -0.39 is 0 Å². The van der Waals surface area contributed by atoms with Crippen molar-refractivity contribution >= 4 is 0 Å². The lowest BCUT2D eigenvalue weighted by molar-refractivity contribution is 0.111. The van der Waals surface area contributed by atoms with Gasteiger partial charge in [-0.2, -0.15) is 0 Å². The molecule has 3 N–H and O–H groups in total. The van der Waals surface area contributed by atoms with Gasteiger partial charge in [0.15, 0.2) is 0 Å². The van der Waals surface area contributed by atoms with Crippen LogP contribution in [0.4, 0.5) is 0 Å². The van der Waals surface area contributed by atoms with Gasteiger partial charge in [-0.1, -0.05) is 0 Å². The van der Waals surface area contributed by atoms with Crippen molar-refractivity contribution in [3.05, 3.63) is 0 Å². The molecule has 1 unspecified atom stereocenters. The van der Waals surface area contributed by atoms with Crippen LogP contribution in [0.5, 0.6) is 0 Å². The van der Waals surface area contributed by atoms with Crippen molar-refractivity contribution < 1.29 is 9.84 Å². The number of aliphatic hydroxyl groups excluding tert-OH is 1. The molecule has 3 heteroatoms. The minimum Gasteiger partial charge on any atom is -0.395 e. The topological polar surface area (TPSA) is 55.5 Å². The summed E-state index contributed by atoms with van der Waals surface area (Å²) in [6.45, 7) is 3.00. The lowest BCUT2D eigenvalue weighted by Gasteiger charge is -2.05. The maximum Gasteiger partial charge on any atom is 0.0639 e. The molecule has 0 bridgehead atoms. The number of hydrogen-bond acceptors (Lipinski definition) is 3. The molecule has 0 aliphatic heterocycles. The number of rotatable bonds is 4. The molecule has 8 heavy (non-hydrogen) atoms. The van der Waals surface area contributed by atoms with E-state index in [1.165, 1.54) is 0 Å². The van der Waals surface area contributed by atoms with Gasteiger partial charge in [-0.05, 0) is 6.92 Å². The molecular weight excluding hydrogens is 106 g/mol. The minimum atomic E-state index is -0.213. The second kappa shape index (κ2) is 5.03. The van der Waals surface area contributed by atoms with E-state index in [1.807, 2.05) is 6.92 Å². The maximum absolute atomic E-state index is 8.36. The highest BCUT2D eigenvalue weighted by Crippen LogP contribution is 1.77. The van der Waals surface area contributed by atoms with Gasteiger partial charge in [-0.3, -0.25) is 0 Å². The molecule has 0 aromatic rings. The summed E-state index contributed by atoms with van der Waals surface area (Å²) in [4.78, 5) is 0. The zero-order chi connectivity index (χ0) is 6.41. The van der Waals surface area contributed by atoms with Crippen molar-refractivity contribution in [1.82, 2.24) is 0 Å². The van der Waals surface area contributed by atoms with Gasteiger partial charge in [0, 0.05) is 6.61 Å². The highest BCUT2D eigenvalue weighted by atomic mass is 16.5. The summed E-state index contributed by atoms with van der Waals surface area (Å²) >= 11 is 0. The van der Waals surface area contributed by atoms with Crippen molar-refractivity contribution in [3.8, 4) is 0 Å². The van der Waals surface area contributed by atoms with E-state index in [0.717, 1.165) is 0 Å². The Morgan fingerprint density at radius 2 is 2.38 bits per heavy atom. The van der Waals surface area contributed by atoms with Crippen LogP contribution in [0.25, 0.3) is 0 Å². The fourth-order valence-electron chi connectivity index (χ4n) is 0.322. The summed E-state index contributed by atoms with van der Waals surface area (Å²) in [6.07, 6.45) is 0. The van der Waals surface area contributed by atoms with E-state index in [-0.39, 0.29) is 12.6 Å². The van der Waals surface area contributed by atoms with Gasteiger partial charge in [0.25, 0.3) is 0 Å². The van der Waals surface area contributed by atoms with Crippen LogP contribution in [-0.4, -0.2) is 31.0 Å². The van der Waals surface area contributed by atoms with Crippen LogP contribution in [-0.2, 0) is 4.74 Å². The fourth-order valence-corrected chi connectivity index (χ4v) is 0.322. The normalized spacial score (nSPS) is 13.9. The van der Waals surface area contributed by atoms with E-state index in [1.54, 1.807) is 0 Å². The molecule has 0 aromatic heterocycles. The molecule has 0 heterocycles. The lowest BCUT2D eigenvalue weighted by atomic mass is 10.4. The second-order valence-electron chi connectivity index (χ2n) is 1.60. The standard InChI is InChI=1S/C5H13NO2/c1-2-8-4-5(6)3-7/h5,7H,2-4,6H2,1H3. The smallest absolute Gasteiger partial charge is 0.0639 e. The molecule has 0 saturated carbocycles. The molecule has 0 radical (unpaired) electrons. The number of aliphatic hydroxyl groups is 1. The molecule has 0 fully saturated rings. The summed E-state index contributed by atoms with van der Waals surface area (Å²) in [5.41, 5.74) is 5.28. The highest BCUT2D eigenvalue weighted by molar-refractivity contribution is 4.54. The van der Waals surface area contributed by atoms with Gasteiger partial charge in [0.05, 0.1) is 19.3 Å². The molecule has 0 spiro atoms. The molecule has 0 aromatic carbocycles. The Morgan fingerprint density at radius 3 is 2.75 bits per heavy atom. The Hall–Kier alpha value is -0.120. The third-order valence-corrected chi connectivity index (χ3v) is 0.771. The first kappa shape index (κ1) is 7.88. The number of ether oxygens (including phenoxy) is 1. The van der Waals surface area contributed by atoms with Crippen LogP contribution in [0.1, 0.15) is 6.92 Å². The van der Waals surface area contributed by atoms with Gasteiger partial charge in [0.1, 0.15) is 0 Å². The predicted molar refractivity (Wildman–Crippen MR) is 31.6 cm³/mol. The molecule has 1 atom stereocenters. The van der Waals surface area contributed by atoms with Gasteiger partial charge in [0.2, 0.25) is 0 Å². The van der Waals surface area contributed by atoms with Crippen molar-refractivity contribution in [2.45, 2.75) is 13.0 Å². The number of nitrogens with two attached hydrogens (primary N) is 1. The zero-order valence-electron chi connectivity index (χ0n) is 5.13. The minimum absolute atomic E-state index is 0. The second-order valence-corrected chi connectivity index (χ2v) is 1.60. The summed E-state index contributed by atoms with van der Waals surface area (Å²) in [5, 5.41) is 8.36. The molecule has 0 saturated heterocycles. The first-order chi connectivity index (χ1) is 3.81. The summed E-state index contributed by atoms with van der Waals surface area (Å²) in [7, 11) is 0. The van der Waals surface area contributed by atoms with Crippen LogP contribution in [0.3, 0.4) is 0 Å². The van der Waals surface area contributed by atoms with Crippen LogP contribution < -0.4 is 5.73 Å². The SMILES string of the molecule is CCOCC(N)CO. The predicted octanol–water partition coefficient (Wildman–Crippen LogP) is -0.658. The zero-order valence-corrected chi connectivity index (χ0v) is 5.13. The van der Waals surface area contributed by atoms with Crippen molar-refractivity contribution in [2.24, 2.45) is 5.73 Å². The van der Waals surface area contributed by atoms with Crippen LogP contribution in [0.15, 0.2) is 0 Å². The molecule has 0 amide bonds. The van der Waals surface area contributed by atoms with Gasteiger partial charge in [-0.15, -0.1) is 0 Å². The van der Waals surface area contributed by atoms with Crippen molar-refractivity contribution in [2.75, 3.05) is 19.8 Å². The maximum atomic E-state index is 8.36. The van der Waals surface area contributed by atoms with E-state index >= 15 is 0 Å². The number of hydrogen-bond donors (Lipinski definition) is 2. The van der Waals surface area contributed by atoms with E-state index in [9.17, 15) is 0 Å². The Bertz CT molecular complexity index is 49.7. The highest BCUT2D eigenvalue weighted by Gasteiger charge is 1.96. The van der Waals surface area contributed by atoms with Gasteiger partial charge in [-0.25, -0.2) is 0 Å². The summed E-state index contributed by atoms with van der Waals surface area (Å²) in [5.74, 6) is 0. The summed E-state index contributed by atoms with van der Waals surface area (Å²) in [6, 6.07) is -0.213.